The summed E-state index contributed by atoms with van der Waals surface area (Å²) in [5.41, 5.74) is 5.23. The van der Waals surface area contributed by atoms with Crippen LogP contribution in [-0.2, 0) is 12.8 Å². The van der Waals surface area contributed by atoms with E-state index in [1.807, 2.05) is 0 Å². The van der Waals surface area contributed by atoms with Gasteiger partial charge in [0.25, 0.3) is 0 Å². The lowest BCUT2D eigenvalue weighted by atomic mass is 10.0. The summed E-state index contributed by atoms with van der Waals surface area (Å²) in [6.07, 6.45) is 3.38. The first-order valence-corrected chi connectivity index (χ1v) is 7.87. The molecule has 0 saturated heterocycles. The van der Waals surface area contributed by atoms with E-state index in [2.05, 4.69) is 61.6 Å². The van der Waals surface area contributed by atoms with Crippen LogP contribution >= 0.6 is 0 Å². The van der Waals surface area contributed by atoms with Crippen LogP contribution in [0.4, 0.5) is 5.69 Å². The van der Waals surface area contributed by atoms with E-state index in [1.165, 1.54) is 28.8 Å². The van der Waals surface area contributed by atoms with Gasteiger partial charge in [0.1, 0.15) is 5.75 Å². The van der Waals surface area contributed by atoms with Gasteiger partial charge < -0.3 is 10.1 Å². The Balaban J connectivity index is 1.69. The number of fused-ring (bicyclic) bond motifs is 1. The summed E-state index contributed by atoms with van der Waals surface area (Å²) in [6.45, 7) is 5.24. The van der Waals surface area contributed by atoms with E-state index in [0.29, 0.717) is 6.04 Å². The predicted molar refractivity (Wildman–Crippen MR) is 88.1 cm³/mol. The van der Waals surface area contributed by atoms with Gasteiger partial charge in [0, 0.05) is 18.2 Å². The summed E-state index contributed by atoms with van der Waals surface area (Å²) < 4.78 is 5.55. The third kappa shape index (κ3) is 3.21. The summed E-state index contributed by atoms with van der Waals surface area (Å²) in [5.74, 6) is 1.04. The number of nitrogens with one attached hydrogen (secondary N) is 1. The average molecular weight is 281 g/mol. The number of ether oxygens (including phenoxy) is 1. The van der Waals surface area contributed by atoms with Crippen LogP contribution in [0.2, 0.25) is 0 Å². The fraction of sp³-hybridized carbons (Fsp3) is 0.368. The summed E-state index contributed by atoms with van der Waals surface area (Å²) in [7, 11) is 0. The van der Waals surface area contributed by atoms with E-state index in [4.69, 9.17) is 4.74 Å². The van der Waals surface area contributed by atoms with Gasteiger partial charge in [-0.1, -0.05) is 37.6 Å². The fourth-order valence-electron chi connectivity index (χ4n) is 2.87. The zero-order valence-corrected chi connectivity index (χ0v) is 12.9. The first kappa shape index (κ1) is 14.0. The van der Waals surface area contributed by atoms with Crippen molar-refractivity contribution in [1.82, 2.24) is 0 Å². The first-order chi connectivity index (χ1) is 10.3. The molecule has 21 heavy (non-hydrogen) atoms. The molecule has 1 atom stereocenters. The van der Waals surface area contributed by atoms with Crippen molar-refractivity contribution in [3.05, 3.63) is 59.2 Å². The van der Waals surface area contributed by atoms with Crippen LogP contribution in [0.25, 0.3) is 0 Å². The van der Waals surface area contributed by atoms with Gasteiger partial charge in [-0.3, -0.25) is 0 Å². The van der Waals surface area contributed by atoms with Crippen molar-refractivity contribution in [2.45, 2.75) is 39.2 Å². The Labute approximate surface area is 127 Å². The predicted octanol–water partition coefficient (Wildman–Crippen LogP) is 4.75. The highest BCUT2D eigenvalue weighted by Gasteiger charge is 2.13. The molecule has 2 nitrogen and oxygen atoms in total. The molecule has 2 aromatic carbocycles. The molecular weight excluding hydrogens is 258 g/mol. The van der Waals surface area contributed by atoms with Gasteiger partial charge in [0.05, 0.1) is 6.61 Å². The Morgan fingerprint density at radius 1 is 1.14 bits per heavy atom. The molecule has 0 saturated carbocycles. The lowest BCUT2D eigenvalue weighted by molar-refractivity contribution is 0.357. The molecule has 0 fully saturated rings. The summed E-state index contributed by atoms with van der Waals surface area (Å²) in [4.78, 5) is 0. The van der Waals surface area contributed by atoms with Gasteiger partial charge in [-0.2, -0.15) is 0 Å². The molecule has 0 spiro atoms. The number of aryl methyl sites for hydroxylation is 1. The molecule has 110 valence electrons. The molecule has 0 aliphatic carbocycles. The lowest BCUT2D eigenvalue weighted by Crippen LogP contribution is -2.06. The Hall–Kier alpha value is -1.96. The molecule has 1 N–H and O–H groups in total. The number of benzene rings is 2. The van der Waals surface area contributed by atoms with Crippen molar-refractivity contribution >= 4 is 5.69 Å². The molecular formula is C19H23NO. The highest BCUT2D eigenvalue weighted by atomic mass is 16.5. The van der Waals surface area contributed by atoms with Crippen LogP contribution in [0.3, 0.4) is 0 Å². The molecule has 1 aliphatic rings. The van der Waals surface area contributed by atoms with Crippen molar-refractivity contribution in [3.63, 3.8) is 0 Å². The topological polar surface area (TPSA) is 21.3 Å². The molecule has 1 heterocycles. The third-order valence-corrected chi connectivity index (χ3v) is 4.09. The minimum Gasteiger partial charge on any atom is -0.493 e. The Morgan fingerprint density at radius 2 is 1.95 bits per heavy atom. The summed E-state index contributed by atoms with van der Waals surface area (Å²) >= 11 is 0. The second kappa shape index (κ2) is 6.21. The van der Waals surface area contributed by atoms with Crippen LogP contribution in [0, 0.1) is 0 Å². The highest BCUT2D eigenvalue weighted by molar-refractivity contribution is 5.53. The van der Waals surface area contributed by atoms with Crippen LogP contribution in [0.1, 0.15) is 43.0 Å². The van der Waals surface area contributed by atoms with Gasteiger partial charge in [-0.05, 0) is 48.2 Å². The first-order valence-electron chi connectivity index (χ1n) is 7.87. The Bertz CT molecular complexity index is 603. The lowest BCUT2D eigenvalue weighted by Gasteiger charge is -2.17. The second-order valence-corrected chi connectivity index (χ2v) is 5.78. The maximum atomic E-state index is 5.55. The summed E-state index contributed by atoms with van der Waals surface area (Å²) in [5, 5.41) is 3.58. The maximum absolute atomic E-state index is 5.55. The highest BCUT2D eigenvalue weighted by Crippen LogP contribution is 2.29. The molecule has 0 amide bonds. The molecule has 1 aliphatic heterocycles. The normalized spacial score (nSPS) is 14.4. The number of anilines is 1. The number of hydrogen-bond donors (Lipinski definition) is 1. The van der Waals surface area contributed by atoms with Crippen LogP contribution < -0.4 is 10.1 Å². The van der Waals surface area contributed by atoms with E-state index in [1.54, 1.807) is 0 Å². The standard InChI is InChI=1S/C19H23NO/c1-3-4-15-5-7-16(8-6-15)14(2)20-18-9-10-19-17(13-18)11-12-21-19/h5-10,13-14,20H,3-4,11-12H2,1-2H3. The summed E-state index contributed by atoms with van der Waals surface area (Å²) in [6, 6.07) is 15.7. The molecule has 1 unspecified atom stereocenters. The van der Waals surface area contributed by atoms with Crippen molar-refractivity contribution in [3.8, 4) is 5.75 Å². The van der Waals surface area contributed by atoms with Gasteiger partial charge in [-0.25, -0.2) is 0 Å². The van der Waals surface area contributed by atoms with Crippen molar-refractivity contribution < 1.29 is 4.74 Å². The van der Waals surface area contributed by atoms with Crippen LogP contribution in [0.15, 0.2) is 42.5 Å². The van der Waals surface area contributed by atoms with Crippen molar-refractivity contribution in [2.24, 2.45) is 0 Å². The Morgan fingerprint density at radius 3 is 2.71 bits per heavy atom. The van der Waals surface area contributed by atoms with E-state index < -0.39 is 0 Å². The average Bonchev–Trinajstić information content (AvgIpc) is 2.96. The minimum absolute atomic E-state index is 0.307. The molecule has 2 aromatic rings. The van der Waals surface area contributed by atoms with Gasteiger partial charge in [0.2, 0.25) is 0 Å². The zero-order chi connectivity index (χ0) is 14.7. The number of hydrogen-bond acceptors (Lipinski definition) is 2. The van der Waals surface area contributed by atoms with Crippen molar-refractivity contribution in [2.75, 3.05) is 11.9 Å². The monoisotopic (exact) mass is 281 g/mol. The largest absolute Gasteiger partial charge is 0.493 e. The minimum atomic E-state index is 0.307. The molecule has 2 heteroatoms. The third-order valence-electron chi connectivity index (χ3n) is 4.09. The molecule has 0 aromatic heterocycles. The fourth-order valence-corrected chi connectivity index (χ4v) is 2.87. The van der Waals surface area contributed by atoms with E-state index in [9.17, 15) is 0 Å². The SMILES string of the molecule is CCCc1ccc(C(C)Nc2ccc3c(c2)CCO3)cc1. The number of rotatable bonds is 5. The van der Waals surface area contributed by atoms with Gasteiger partial charge in [0.15, 0.2) is 0 Å². The molecule has 0 radical (unpaired) electrons. The van der Waals surface area contributed by atoms with Crippen LogP contribution in [0.5, 0.6) is 5.75 Å². The van der Waals surface area contributed by atoms with Gasteiger partial charge >= 0.3 is 0 Å². The smallest absolute Gasteiger partial charge is 0.122 e. The molecule has 3 rings (SSSR count). The Kier molecular flexibility index (Phi) is 4.14. The van der Waals surface area contributed by atoms with E-state index >= 15 is 0 Å². The quantitative estimate of drug-likeness (QED) is 0.854. The van der Waals surface area contributed by atoms with Crippen LogP contribution in [-0.4, -0.2) is 6.61 Å². The van der Waals surface area contributed by atoms with E-state index in [-0.39, 0.29) is 0 Å². The van der Waals surface area contributed by atoms with E-state index in [0.717, 1.165) is 25.2 Å². The maximum Gasteiger partial charge on any atom is 0.122 e. The van der Waals surface area contributed by atoms with Gasteiger partial charge in [-0.15, -0.1) is 0 Å². The second-order valence-electron chi connectivity index (χ2n) is 5.78. The zero-order valence-electron chi connectivity index (χ0n) is 12.9. The van der Waals surface area contributed by atoms with Crippen molar-refractivity contribution in [1.29, 1.82) is 0 Å². The molecule has 0 bridgehead atoms.